The zero-order chi connectivity index (χ0) is 27.3. The van der Waals surface area contributed by atoms with Gasteiger partial charge in [-0.3, -0.25) is 9.36 Å². The summed E-state index contributed by atoms with van der Waals surface area (Å²) in [6.07, 6.45) is 1.79. The van der Waals surface area contributed by atoms with Crippen LogP contribution in [0.4, 0.5) is 9.70 Å². The first-order valence-electron chi connectivity index (χ1n) is 12.1. The van der Waals surface area contributed by atoms with Crippen molar-refractivity contribution in [1.82, 2.24) is 24.8 Å². The molecule has 1 fully saturated rings. The van der Waals surface area contributed by atoms with E-state index in [1.54, 1.807) is 0 Å². The summed E-state index contributed by atoms with van der Waals surface area (Å²) < 4.78 is 41.7. The monoisotopic (exact) mass is 552 g/mol. The quantitative estimate of drug-likeness (QED) is 0.155. The Kier molecular flexibility index (Phi) is 8.83. The molecule has 0 spiro atoms. The van der Waals surface area contributed by atoms with Gasteiger partial charge in [0.15, 0.2) is 23.2 Å². The minimum Gasteiger partial charge on any atom is -0.394 e. The smallest absolute Gasteiger partial charge is 0.332 e. The highest BCUT2D eigenvalue weighted by atomic mass is 32.3. The van der Waals surface area contributed by atoms with E-state index >= 15 is 0 Å². The van der Waals surface area contributed by atoms with E-state index < -0.39 is 46.3 Å². The standard InChI is InChI=1S/C23H29FN6O7S/c24-38(35,36)15-7-5-14(6-8-15)22(34)26-10-4-2-1-3-9-25-20-17-21(28-12-27-20)30(13-29-17)23-19(33)18(32)16(11-31)37-23/h5-8,12-13,16,18-19,23,31-33H,1-4,9-11H2,(H,26,34)(H,25,27,28)/t16-,18-,19-,23-/m1/s1. The number of halogens is 1. The van der Waals surface area contributed by atoms with Gasteiger partial charge in [-0.25, -0.2) is 15.0 Å². The van der Waals surface area contributed by atoms with Crippen molar-refractivity contribution in [3.8, 4) is 0 Å². The molecule has 5 N–H and O–H groups in total. The predicted octanol–water partition coefficient (Wildman–Crippen LogP) is 0.498. The fraction of sp³-hybridized carbons (Fsp3) is 0.478. The molecular weight excluding hydrogens is 523 g/mol. The highest BCUT2D eigenvalue weighted by molar-refractivity contribution is 7.86. The van der Waals surface area contributed by atoms with Crippen LogP contribution in [-0.4, -0.2) is 87.2 Å². The van der Waals surface area contributed by atoms with Gasteiger partial charge in [0.25, 0.3) is 5.91 Å². The Morgan fingerprint density at radius 2 is 1.74 bits per heavy atom. The van der Waals surface area contributed by atoms with Crippen LogP contribution < -0.4 is 10.6 Å². The molecule has 1 aliphatic heterocycles. The van der Waals surface area contributed by atoms with Gasteiger partial charge >= 0.3 is 10.2 Å². The second kappa shape index (κ2) is 12.1. The fourth-order valence-corrected chi connectivity index (χ4v) is 4.62. The number of hydrogen-bond donors (Lipinski definition) is 5. The molecule has 0 unspecified atom stereocenters. The zero-order valence-corrected chi connectivity index (χ0v) is 21.1. The number of aliphatic hydroxyl groups is 3. The number of benzene rings is 1. The Labute approximate surface area is 217 Å². The molecule has 1 aliphatic rings. The molecule has 1 saturated heterocycles. The van der Waals surface area contributed by atoms with Crippen LogP contribution in [0.25, 0.3) is 11.2 Å². The number of carbonyl (C=O) groups excluding carboxylic acids is 1. The molecule has 4 rings (SSSR count). The lowest BCUT2D eigenvalue weighted by molar-refractivity contribution is -0.0511. The average Bonchev–Trinajstić information content (AvgIpc) is 3.46. The molecule has 4 atom stereocenters. The molecule has 1 aromatic carbocycles. The number of amides is 1. The van der Waals surface area contributed by atoms with E-state index in [0.29, 0.717) is 30.1 Å². The van der Waals surface area contributed by atoms with Gasteiger partial charge in [0.1, 0.15) is 24.6 Å². The maximum Gasteiger partial charge on any atom is 0.332 e. The highest BCUT2D eigenvalue weighted by Gasteiger charge is 2.44. The molecule has 0 saturated carbocycles. The van der Waals surface area contributed by atoms with Gasteiger partial charge in [-0.1, -0.05) is 12.8 Å². The number of imidazole rings is 1. The number of carbonyl (C=O) groups is 1. The first-order chi connectivity index (χ1) is 18.2. The molecule has 15 heteroatoms. The van der Waals surface area contributed by atoms with Crippen LogP contribution >= 0.6 is 0 Å². The number of ether oxygens (including phenoxy) is 1. The van der Waals surface area contributed by atoms with Gasteiger partial charge in [-0.2, -0.15) is 8.42 Å². The van der Waals surface area contributed by atoms with E-state index in [1.807, 2.05) is 0 Å². The van der Waals surface area contributed by atoms with E-state index in [4.69, 9.17) is 4.74 Å². The van der Waals surface area contributed by atoms with Gasteiger partial charge in [0.2, 0.25) is 0 Å². The first kappa shape index (κ1) is 27.8. The lowest BCUT2D eigenvalue weighted by Crippen LogP contribution is -2.33. The normalized spacial score (nSPS) is 21.6. The van der Waals surface area contributed by atoms with E-state index in [1.165, 1.54) is 29.4 Å². The molecular formula is C23H29FN6O7S. The van der Waals surface area contributed by atoms with Crippen molar-refractivity contribution >= 4 is 33.1 Å². The van der Waals surface area contributed by atoms with E-state index in [2.05, 4.69) is 25.6 Å². The van der Waals surface area contributed by atoms with Crippen molar-refractivity contribution in [2.45, 2.75) is 55.1 Å². The Morgan fingerprint density at radius 1 is 1.03 bits per heavy atom. The first-order valence-corrected chi connectivity index (χ1v) is 13.5. The zero-order valence-electron chi connectivity index (χ0n) is 20.3. The number of hydrogen-bond acceptors (Lipinski definition) is 11. The van der Waals surface area contributed by atoms with E-state index in [9.17, 15) is 32.4 Å². The van der Waals surface area contributed by atoms with Gasteiger partial charge in [-0.15, -0.1) is 3.89 Å². The molecule has 3 heterocycles. The second-order valence-corrected chi connectivity index (χ2v) is 10.2. The van der Waals surface area contributed by atoms with Crippen molar-refractivity contribution < 1.29 is 37.2 Å². The maximum atomic E-state index is 12.9. The molecule has 0 bridgehead atoms. The summed E-state index contributed by atoms with van der Waals surface area (Å²) in [5, 5.41) is 35.6. The third-order valence-electron chi connectivity index (χ3n) is 6.23. The summed E-state index contributed by atoms with van der Waals surface area (Å²) in [5.41, 5.74) is 1.14. The third-order valence-corrected chi connectivity index (χ3v) is 7.06. The number of nitrogens with one attached hydrogen (secondary N) is 2. The van der Waals surface area contributed by atoms with Crippen molar-refractivity contribution in [3.05, 3.63) is 42.5 Å². The topological polar surface area (TPSA) is 189 Å². The third kappa shape index (κ3) is 6.24. The maximum absolute atomic E-state index is 12.9. The Bertz CT molecular complexity index is 1350. The molecule has 0 radical (unpaired) electrons. The van der Waals surface area contributed by atoms with Gasteiger partial charge in [0, 0.05) is 18.7 Å². The van der Waals surface area contributed by atoms with Crippen molar-refractivity contribution in [1.29, 1.82) is 0 Å². The molecule has 13 nitrogen and oxygen atoms in total. The lowest BCUT2D eigenvalue weighted by atomic mass is 10.1. The van der Waals surface area contributed by atoms with Crippen LogP contribution in [0.15, 0.2) is 41.8 Å². The van der Waals surface area contributed by atoms with Crippen LogP contribution in [-0.2, 0) is 15.0 Å². The van der Waals surface area contributed by atoms with E-state index in [0.717, 1.165) is 37.8 Å². The lowest BCUT2D eigenvalue weighted by Gasteiger charge is -2.16. The highest BCUT2D eigenvalue weighted by Crippen LogP contribution is 2.32. The summed E-state index contributed by atoms with van der Waals surface area (Å²) >= 11 is 0. The predicted molar refractivity (Wildman–Crippen MR) is 132 cm³/mol. The van der Waals surface area contributed by atoms with Crippen molar-refractivity contribution in [3.63, 3.8) is 0 Å². The number of unbranched alkanes of at least 4 members (excludes halogenated alkanes) is 3. The number of aromatic nitrogens is 4. The number of rotatable bonds is 12. The van der Waals surface area contributed by atoms with Crippen LogP contribution in [0.5, 0.6) is 0 Å². The van der Waals surface area contributed by atoms with Gasteiger partial charge in [-0.05, 0) is 37.1 Å². The Morgan fingerprint density at radius 3 is 2.39 bits per heavy atom. The number of fused-ring (bicyclic) bond motifs is 1. The van der Waals surface area contributed by atoms with E-state index in [-0.39, 0.29) is 11.5 Å². The molecule has 2 aromatic heterocycles. The summed E-state index contributed by atoms with van der Waals surface area (Å²) in [5.74, 6) is 0.151. The van der Waals surface area contributed by atoms with Gasteiger partial charge in [0.05, 0.1) is 17.8 Å². The summed E-state index contributed by atoms with van der Waals surface area (Å²) in [4.78, 5) is 24.4. The van der Waals surface area contributed by atoms with Crippen molar-refractivity contribution in [2.24, 2.45) is 0 Å². The summed E-state index contributed by atoms with van der Waals surface area (Å²) in [7, 11) is -4.79. The number of aliphatic hydroxyl groups excluding tert-OH is 3. The van der Waals surface area contributed by atoms with Crippen molar-refractivity contribution in [2.75, 3.05) is 25.0 Å². The van der Waals surface area contributed by atoms with Gasteiger partial charge < -0.3 is 30.7 Å². The SMILES string of the molecule is O=C(NCCCCCCNc1ncnc2c1ncn2[C@@H]1O[C@H](CO)[C@@H](O)[C@H]1O)c1ccc(S(=O)(=O)F)cc1. The minimum atomic E-state index is -4.79. The molecule has 206 valence electrons. The van der Waals surface area contributed by atoms with Crippen LogP contribution in [0.2, 0.25) is 0 Å². The second-order valence-electron chi connectivity index (χ2n) is 8.83. The molecule has 1 amide bonds. The van der Waals surface area contributed by atoms with Crippen LogP contribution in [0.3, 0.4) is 0 Å². The largest absolute Gasteiger partial charge is 0.394 e. The minimum absolute atomic E-state index is 0.249. The summed E-state index contributed by atoms with van der Waals surface area (Å²) in [6.45, 7) is 0.627. The molecule has 38 heavy (non-hydrogen) atoms. The molecule has 3 aromatic rings. The summed E-state index contributed by atoms with van der Waals surface area (Å²) in [6, 6.07) is 4.63. The fourth-order valence-electron chi connectivity index (χ4n) is 4.16. The number of anilines is 1. The average molecular weight is 553 g/mol. The van der Waals surface area contributed by atoms with Crippen LogP contribution in [0, 0.1) is 0 Å². The Balaban J connectivity index is 1.18. The Hall–Kier alpha value is -3.24. The molecule has 0 aliphatic carbocycles. The number of nitrogens with zero attached hydrogens (tertiary/aromatic N) is 4. The van der Waals surface area contributed by atoms with Crippen LogP contribution in [0.1, 0.15) is 42.3 Å².